The van der Waals surface area contributed by atoms with Crippen LogP contribution in [0.2, 0.25) is 0 Å². The number of hydrogen-bond acceptors (Lipinski definition) is 2. The SMILES string of the molecule is CN(c1cccc(F)c1)c1ncc(Br)cc1F. The predicted octanol–water partition coefficient (Wildman–Crippen LogP) is 3.89. The first-order valence-electron chi connectivity index (χ1n) is 4.88. The van der Waals surface area contributed by atoms with Crippen LogP contribution >= 0.6 is 15.9 Å². The van der Waals surface area contributed by atoms with Gasteiger partial charge in [-0.05, 0) is 40.2 Å². The molecule has 88 valence electrons. The maximum atomic E-state index is 13.7. The van der Waals surface area contributed by atoms with Crippen LogP contribution < -0.4 is 4.90 Å². The smallest absolute Gasteiger partial charge is 0.169 e. The number of nitrogens with zero attached hydrogens (tertiary/aromatic N) is 2. The topological polar surface area (TPSA) is 16.1 Å². The van der Waals surface area contributed by atoms with Gasteiger partial charge >= 0.3 is 0 Å². The fourth-order valence-electron chi connectivity index (χ4n) is 1.46. The lowest BCUT2D eigenvalue weighted by Gasteiger charge is -2.18. The molecule has 5 heteroatoms. The quantitative estimate of drug-likeness (QED) is 0.836. The predicted molar refractivity (Wildman–Crippen MR) is 66.4 cm³/mol. The van der Waals surface area contributed by atoms with Crippen LogP contribution in [0, 0.1) is 11.6 Å². The molecule has 0 atom stereocenters. The minimum Gasteiger partial charge on any atom is -0.327 e. The van der Waals surface area contributed by atoms with E-state index in [0.717, 1.165) is 0 Å². The highest BCUT2D eigenvalue weighted by molar-refractivity contribution is 9.10. The minimum atomic E-state index is -0.467. The van der Waals surface area contributed by atoms with E-state index in [0.29, 0.717) is 10.2 Å². The fraction of sp³-hybridized carbons (Fsp3) is 0.0833. The monoisotopic (exact) mass is 298 g/mol. The molecule has 0 aliphatic heterocycles. The number of rotatable bonds is 2. The summed E-state index contributed by atoms with van der Waals surface area (Å²) in [6.07, 6.45) is 1.49. The zero-order valence-electron chi connectivity index (χ0n) is 8.99. The number of aromatic nitrogens is 1. The number of hydrogen-bond donors (Lipinski definition) is 0. The molecule has 2 aromatic rings. The van der Waals surface area contributed by atoms with Crippen molar-refractivity contribution in [3.8, 4) is 0 Å². The maximum Gasteiger partial charge on any atom is 0.169 e. The standard InChI is InChI=1S/C12H9BrF2N2/c1-17(10-4-2-3-9(14)6-10)12-11(15)5-8(13)7-16-12/h2-7H,1H3. The summed E-state index contributed by atoms with van der Waals surface area (Å²) in [6.45, 7) is 0. The van der Waals surface area contributed by atoms with Crippen LogP contribution in [0.1, 0.15) is 0 Å². The Labute approximate surface area is 106 Å². The summed E-state index contributed by atoms with van der Waals surface area (Å²) in [5, 5.41) is 0. The molecular weight excluding hydrogens is 290 g/mol. The van der Waals surface area contributed by atoms with Gasteiger partial charge in [0.05, 0.1) is 0 Å². The van der Waals surface area contributed by atoms with Crippen molar-refractivity contribution in [3.05, 3.63) is 52.6 Å². The lowest BCUT2D eigenvalue weighted by molar-refractivity contribution is 0.618. The Morgan fingerprint density at radius 1 is 1.24 bits per heavy atom. The third-order valence-electron chi connectivity index (χ3n) is 2.30. The minimum absolute atomic E-state index is 0.152. The van der Waals surface area contributed by atoms with Gasteiger partial charge < -0.3 is 4.90 Å². The van der Waals surface area contributed by atoms with E-state index in [1.54, 1.807) is 19.2 Å². The molecular formula is C12H9BrF2N2. The molecule has 0 amide bonds. The Balaban J connectivity index is 2.40. The van der Waals surface area contributed by atoms with Gasteiger partial charge in [0.25, 0.3) is 0 Å². The van der Waals surface area contributed by atoms with E-state index in [1.165, 1.54) is 29.3 Å². The molecule has 1 aromatic heterocycles. The van der Waals surface area contributed by atoms with E-state index >= 15 is 0 Å². The van der Waals surface area contributed by atoms with Crippen molar-refractivity contribution in [2.24, 2.45) is 0 Å². The van der Waals surface area contributed by atoms with E-state index < -0.39 is 5.82 Å². The van der Waals surface area contributed by atoms with Crippen LogP contribution in [0.4, 0.5) is 20.3 Å². The van der Waals surface area contributed by atoms with Gasteiger partial charge in [0.2, 0.25) is 0 Å². The van der Waals surface area contributed by atoms with Crippen LogP contribution in [-0.4, -0.2) is 12.0 Å². The molecule has 0 fully saturated rings. The summed E-state index contributed by atoms with van der Waals surface area (Å²) < 4.78 is 27.3. The van der Waals surface area contributed by atoms with E-state index in [-0.39, 0.29) is 11.6 Å². The lowest BCUT2D eigenvalue weighted by Crippen LogP contribution is -2.13. The average Bonchev–Trinajstić information content (AvgIpc) is 2.28. The average molecular weight is 299 g/mol. The van der Waals surface area contributed by atoms with Crippen LogP contribution in [0.25, 0.3) is 0 Å². The van der Waals surface area contributed by atoms with Crippen LogP contribution in [0.5, 0.6) is 0 Å². The summed E-state index contributed by atoms with van der Waals surface area (Å²) in [7, 11) is 1.63. The first kappa shape index (κ1) is 12.0. The molecule has 0 spiro atoms. The highest BCUT2D eigenvalue weighted by Gasteiger charge is 2.11. The fourth-order valence-corrected chi connectivity index (χ4v) is 1.76. The normalized spacial score (nSPS) is 10.4. The molecule has 2 nitrogen and oxygen atoms in total. The zero-order chi connectivity index (χ0) is 12.4. The molecule has 0 unspecified atom stereocenters. The number of pyridine rings is 1. The summed E-state index contributed by atoms with van der Waals surface area (Å²) in [5.41, 5.74) is 0.540. The first-order chi connectivity index (χ1) is 8.08. The Kier molecular flexibility index (Phi) is 3.38. The third kappa shape index (κ3) is 2.61. The second-order valence-electron chi connectivity index (χ2n) is 3.50. The molecule has 2 rings (SSSR count). The number of benzene rings is 1. The maximum absolute atomic E-state index is 13.7. The van der Waals surface area contributed by atoms with Gasteiger partial charge in [-0.3, -0.25) is 0 Å². The van der Waals surface area contributed by atoms with Crippen molar-refractivity contribution >= 4 is 27.4 Å². The highest BCUT2D eigenvalue weighted by atomic mass is 79.9. The van der Waals surface area contributed by atoms with Gasteiger partial charge in [0.1, 0.15) is 5.82 Å². The van der Waals surface area contributed by atoms with Crippen LogP contribution in [0.15, 0.2) is 41.0 Å². The Bertz CT molecular complexity index is 546. The molecule has 0 saturated carbocycles. The van der Waals surface area contributed by atoms with Crippen molar-refractivity contribution in [3.63, 3.8) is 0 Å². The van der Waals surface area contributed by atoms with Gasteiger partial charge in [0.15, 0.2) is 11.6 Å². The van der Waals surface area contributed by atoms with E-state index in [1.807, 2.05) is 0 Å². The Hall–Kier alpha value is -1.49. The zero-order valence-corrected chi connectivity index (χ0v) is 10.6. The summed E-state index contributed by atoms with van der Waals surface area (Å²) in [5.74, 6) is -0.684. The summed E-state index contributed by atoms with van der Waals surface area (Å²) in [6, 6.07) is 7.23. The van der Waals surface area contributed by atoms with Crippen molar-refractivity contribution < 1.29 is 8.78 Å². The first-order valence-corrected chi connectivity index (χ1v) is 5.67. The highest BCUT2D eigenvalue weighted by Crippen LogP contribution is 2.26. The van der Waals surface area contributed by atoms with E-state index in [4.69, 9.17) is 0 Å². The second-order valence-corrected chi connectivity index (χ2v) is 4.41. The van der Waals surface area contributed by atoms with Crippen LogP contribution in [0.3, 0.4) is 0 Å². The molecule has 0 aliphatic rings. The molecule has 0 N–H and O–H groups in total. The van der Waals surface area contributed by atoms with E-state index in [2.05, 4.69) is 20.9 Å². The van der Waals surface area contributed by atoms with Crippen molar-refractivity contribution in [1.29, 1.82) is 0 Å². The Morgan fingerprint density at radius 2 is 2.00 bits per heavy atom. The lowest BCUT2D eigenvalue weighted by atomic mass is 10.3. The molecule has 17 heavy (non-hydrogen) atoms. The van der Waals surface area contributed by atoms with Gasteiger partial charge in [-0.25, -0.2) is 13.8 Å². The molecule has 1 heterocycles. The summed E-state index contributed by atoms with van der Waals surface area (Å²) >= 11 is 3.13. The Morgan fingerprint density at radius 3 is 2.65 bits per heavy atom. The number of halogens is 3. The number of anilines is 2. The van der Waals surface area contributed by atoms with Crippen molar-refractivity contribution in [2.75, 3.05) is 11.9 Å². The van der Waals surface area contributed by atoms with E-state index in [9.17, 15) is 8.78 Å². The van der Waals surface area contributed by atoms with Crippen molar-refractivity contribution in [1.82, 2.24) is 4.98 Å². The van der Waals surface area contributed by atoms with Crippen LogP contribution in [-0.2, 0) is 0 Å². The molecule has 0 bridgehead atoms. The van der Waals surface area contributed by atoms with Gasteiger partial charge in [-0.15, -0.1) is 0 Å². The molecule has 1 aromatic carbocycles. The molecule has 0 radical (unpaired) electrons. The van der Waals surface area contributed by atoms with Crippen molar-refractivity contribution in [2.45, 2.75) is 0 Å². The summed E-state index contributed by atoms with van der Waals surface area (Å²) in [4.78, 5) is 5.46. The van der Waals surface area contributed by atoms with Gasteiger partial charge in [0, 0.05) is 23.4 Å². The second kappa shape index (κ2) is 4.79. The largest absolute Gasteiger partial charge is 0.327 e. The van der Waals surface area contributed by atoms with Gasteiger partial charge in [-0.1, -0.05) is 6.07 Å². The molecule has 0 saturated heterocycles. The van der Waals surface area contributed by atoms with Gasteiger partial charge in [-0.2, -0.15) is 0 Å². The third-order valence-corrected chi connectivity index (χ3v) is 2.74. The molecule has 0 aliphatic carbocycles.